The van der Waals surface area contributed by atoms with Crippen LogP contribution < -0.4 is 10.6 Å². The molecular formula is C19H24N2O3. The van der Waals surface area contributed by atoms with Crippen molar-refractivity contribution >= 4 is 22.8 Å². The van der Waals surface area contributed by atoms with Gasteiger partial charge in [-0.1, -0.05) is 13.8 Å². The van der Waals surface area contributed by atoms with Crippen LogP contribution in [-0.4, -0.2) is 24.4 Å². The highest BCUT2D eigenvalue weighted by Gasteiger charge is 2.21. The molecule has 5 nitrogen and oxygen atoms in total. The van der Waals surface area contributed by atoms with Gasteiger partial charge in [0.1, 0.15) is 5.58 Å². The number of rotatable bonds is 5. The van der Waals surface area contributed by atoms with Gasteiger partial charge in [-0.3, -0.25) is 9.59 Å². The fraction of sp³-hybridized carbons (Fsp3) is 0.474. The van der Waals surface area contributed by atoms with Crippen molar-refractivity contribution in [1.29, 1.82) is 0 Å². The number of carbonyl (C=O) groups is 2. The zero-order valence-electron chi connectivity index (χ0n) is 14.4. The van der Waals surface area contributed by atoms with Crippen molar-refractivity contribution in [1.82, 2.24) is 10.6 Å². The van der Waals surface area contributed by atoms with Crippen LogP contribution in [0.2, 0.25) is 0 Å². The zero-order chi connectivity index (χ0) is 17.3. The highest BCUT2D eigenvalue weighted by atomic mass is 16.3. The first kappa shape index (κ1) is 16.6. The molecule has 128 valence electrons. The molecule has 0 radical (unpaired) electrons. The van der Waals surface area contributed by atoms with Crippen molar-refractivity contribution in [3.63, 3.8) is 0 Å². The van der Waals surface area contributed by atoms with E-state index in [0.29, 0.717) is 18.9 Å². The maximum Gasteiger partial charge on any atom is 0.224 e. The van der Waals surface area contributed by atoms with E-state index in [2.05, 4.69) is 37.5 Å². The van der Waals surface area contributed by atoms with Crippen LogP contribution in [0.1, 0.15) is 49.3 Å². The minimum absolute atomic E-state index is 0.0504. The van der Waals surface area contributed by atoms with Crippen LogP contribution in [0.15, 0.2) is 22.8 Å². The van der Waals surface area contributed by atoms with Gasteiger partial charge in [-0.2, -0.15) is 0 Å². The van der Waals surface area contributed by atoms with Gasteiger partial charge in [0.05, 0.1) is 12.7 Å². The monoisotopic (exact) mass is 328 g/mol. The predicted octanol–water partition coefficient (Wildman–Crippen LogP) is 2.80. The van der Waals surface area contributed by atoms with Gasteiger partial charge in [0.2, 0.25) is 11.8 Å². The van der Waals surface area contributed by atoms with E-state index < -0.39 is 0 Å². The Hall–Kier alpha value is -2.30. The topological polar surface area (TPSA) is 71.3 Å². The van der Waals surface area contributed by atoms with Crippen molar-refractivity contribution in [3.05, 3.63) is 35.1 Å². The summed E-state index contributed by atoms with van der Waals surface area (Å²) in [5, 5.41) is 6.76. The molecule has 1 fully saturated rings. The van der Waals surface area contributed by atoms with E-state index in [0.717, 1.165) is 23.0 Å². The smallest absolute Gasteiger partial charge is 0.224 e. The van der Waals surface area contributed by atoms with Crippen molar-refractivity contribution in [2.75, 3.05) is 6.54 Å². The molecule has 1 saturated heterocycles. The Bertz CT molecular complexity index is 776. The SMILES string of the molecule is Cc1cc2occ(CC(=O)NCC3CCC(=O)N3)c2cc1C(C)C. The maximum absolute atomic E-state index is 12.2. The number of fused-ring (bicyclic) bond motifs is 1. The number of nitrogens with one attached hydrogen (secondary N) is 2. The summed E-state index contributed by atoms with van der Waals surface area (Å²) in [5.74, 6) is 0.439. The van der Waals surface area contributed by atoms with Gasteiger partial charge in [0.15, 0.2) is 0 Å². The van der Waals surface area contributed by atoms with Gasteiger partial charge < -0.3 is 15.1 Å². The van der Waals surface area contributed by atoms with Gasteiger partial charge in [0, 0.05) is 30.0 Å². The molecule has 3 rings (SSSR count). The number of hydrogen-bond donors (Lipinski definition) is 2. The molecule has 1 aromatic heterocycles. The lowest BCUT2D eigenvalue weighted by molar-refractivity contribution is -0.121. The number of hydrogen-bond acceptors (Lipinski definition) is 3. The van der Waals surface area contributed by atoms with Crippen molar-refractivity contribution in [3.8, 4) is 0 Å². The number of aryl methyl sites for hydroxylation is 1. The Morgan fingerprint density at radius 1 is 1.42 bits per heavy atom. The fourth-order valence-electron chi connectivity index (χ4n) is 3.31. The first-order valence-electron chi connectivity index (χ1n) is 8.50. The molecule has 1 atom stereocenters. The minimum Gasteiger partial charge on any atom is -0.464 e. The van der Waals surface area contributed by atoms with E-state index in [1.807, 2.05) is 6.07 Å². The summed E-state index contributed by atoms with van der Waals surface area (Å²) in [7, 11) is 0. The molecule has 1 aliphatic rings. The van der Waals surface area contributed by atoms with Crippen LogP contribution in [0, 0.1) is 6.92 Å². The molecule has 2 aromatic rings. The van der Waals surface area contributed by atoms with Crippen molar-refractivity contribution < 1.29 is 14.0 Å². The third-order valence-electron chi connectivity index (χ3n) is 4.65. The molecule has 2 N–H and O–H groups in total. The predicted molar refractivity (Wildman–Crippen MR) is 92.9 cm³/mol. The Balaban J connectivity index is 1.69. The van der Waals surface area contributed by atoms with E-state index in [9.17, 15) is 9.59 Å². The average Bonchev–Trinajstić information content (AvgIpc) is 3.10. The Morgan fingerprint density at radius 2 is 2.21 bits per heavy atom. The molecule has 1 unspecified atom stereocenters. The molecule has 2 amide bonds. The van der Waals surface area contributed by atoms with Crippen LogP contribution in [0.3, 0.4) is 0 Å². The Kier molecular flexibility index (Phi) is 4.60. The number of carbonyl (C=O) groups excluding carboxylic acids is 2. The summed E-state index contributed by atoms with van der Waals surface area (Å²) in [6, 6.07) is 4.23. The minimum atomic E-state index is -0.0504. The summed E-state index contributed by atoms with van der Waals surface area (Å²) < 4.78 is 5.62. The molecule has 1 aromatic carbocycles. The van der Waals surface area contributed by atoms with Crippen LogP contribution in [0.5, 0.6) is 0 Å². The largest absolute Gasteiger partial charge is 0.464 e. The van der Waals surface area contributed by atoms with Crippen molar-refractivity contribution in [2.45, 2.75) is 52.0 Å². The highest BCUT2D eigenvalue weighted by molar-refractivity contribution is 5.88. The highest BCUT2D eigenvalue weighted by Crippen LogP contribution is 2.29. The lowest BCUT2D eigenvalue weighted by Crippen LogP contribution is -2.38. The van der Waals surface area contributed by atoms with E-state index in [4.69, 9.17) is 4.42 Å². The first-order valence-corrected chi connectivity index (χ1v) is 8.50. The first-order chi connectivity index (χ1) is 11.4. The quantitative estimate of drug-likeness (QED) is 0.886. The maximum atomic E-state index is 12.2. The summed E-state index contributed by atoms with van der Waals surface area (Å²) in [5.41, 5.74) is 4.21. The summed E-state index contributed by atoms with van der Waals surface area (Å²) in [6.45, 7) is 6.89. The van der Waals surface area contributed by atoms with E-state index >= 15 is 0 Å². The standard InChI is InChI=1S/C19H24N2O3/c1-11(2)15-8-16-13(10-24-17(16)6-12(15)3)7-19(23)20-9-14-4-5-18(22)21-14/h6,8,10-11,14H,4-5,7,9H2,1-3H3,(H,20,23)(H,21,22). The molecule has 2 heterocycles. The second kappa shape index (κ2) is 6.67. The second-order valence-electron chi connectivity index (χ2n) is 6.90. The molecule has 0 bridgehead atoms. The third-order valence-corrected chi connectivity index (χ3v) is 4.65. The van der Waals surface area contributed by atoms with Crippen LogP contribution in [0.25, 0.3) is 11.0 Å². The van der Waals surface area contributed by atoms with E-state index in [1.165, 1.54) is 11.1 Å². The number of benzene rings is 1. The molecule has 0 aliphatic carbocycles. The average molecular weight is 328 g/mol. The Morgan fingerprint density at radius 3 is 2.88 bits per heavy atom. The molecule has 1 aliphatic heterocycles. The van der Waals surface area contributed by atoms with Crippen LogP contribution in [-0.2, 0) is 16.0 Å². The Labute approximate surface area is 141 Å². The summed E-state index contributed by atoms with van der Waals surface area (Å²) in [4.78, 5) is 23.4. The van der Waals surface area contributed by atoms with Gasteiger partial charge in [-0.15, -0.1) is 0 Å². The second-order valence-corrected chi connectivity index (χ2v) is 6.90. The van der Waals surface area contributed by atoms with Gasteiger partial charge in [0.25, 0.3) is 0 Å². The normalized spacial score (nSPS) is 17.5. The van der Waals surface area contributed by atoms with Crippen LogP contribution in [0.4, 0.5) is 0 Å². The molecular weight excluding hydrogens is 304 g/mol. The van der Waals surface area contributed by atoms with Gasteiger partial charge in [-0.25, -0.2) is 0 Å². The summed E-state index contributed by atoms with van der Waals surface area (Å²) >= 11 is 0. The lowest BCUT2D eigenvalue weighted by Gasteiger charge is -2.11. The van der Waals surface area contributed by atoms with Gasteiger partial charge in [-0.05, 0) is 42.5 Å². The molecule has 0 saturated carbocycles. The zero-order valence-corrected chi connectivity index (χ0v) is 14.4. The molecule has 24 heavy (non-hydrogen) atoms. The number of furan rings is 1. The molecule has 5 heteroatoms. The number of amides is 2. The lowest BCUT2D eigenvalue weighted by atomic mass is 9.95. The van der Waals surface area contributed by atoms with E-state index in [-0.39, 0.29) is 24.3 Å². The van der Waals surface area contributed by atoms with Crippen molar-refractivity contribution in [2.24, 2.45) is 0 Å². The molecule has 0 spiro atoms. The fourth-order valence-corrected chi connectivity index (χ4v) is 3.31. The summed E-state index contributed by atoms with van der Waals surface area (Å²) in [6.07, 6.45) is 3.29. The van der Waals surface area contributed by atoms with E-state index in [1.54, 1.807) is 6.26 Å². The van der Waals surface area contributed by atoms with Crippen LogP contribution >= 0.6 is 0 Å². The van der Waals surface area contributed by atoms with Gasteiger partial charge >= 0.3 is 0 Å². The third kappa shape index (κ3) is 3.45.